The number of halogens is 1. The van der Waals surface area contributed by atoms with Crippen molar-refractivity contribution in [2.75, 3.05) is 24.4 Å². The van der Waals surface area contributed by atoms with Crippen LogP contribution in [0.3, 0.4) is 0 Å². The number of benzene rings is 2. The highest BCUT2D eigenvalue weighted by atomic mass is 35.5. The predicted octanol–water partition coefficient (Wildman–Crippen LogP) is 3.53. The Morgan fingerprint density at radius 2 is 1.91 bits per heavy atom. The Morgan fingerprint density at radius 3 is 2.55 bits per heavy atom. The van der Waals surface area contributed by atoms with E-state index in [0.29, 0.717) is 28.6 Å². The Morgan fingerprint density at radius 1 is 1.18 bits per heavy atom. The molecule has 0 aromatic heterocycles. The molecule has 0 atom stereocenters. The molecule has 2 aromatic carbocycles. The molecule has 2 amide bonds. The number of methoxy groups -OCH3 is 1. The highest BCUT2D eigenvalue weighted by Crippen LogP contribution is 2.27. The van der Waals surface area contributed by atoms with E-state index in [1.54, 1.807) is 30.3 Å². The molecule has 0 unspecified atom stereocenters. The number of rotatable bonds is 5. The minimum atomic E-state index is -0.393. The van der Waals surface area contributed by atoms with Crippen LogP contribution in [0, 0.1) is 0 Å². The maximum Gasteiger partial charge on any atom is 0.323 e. The first kappa shape index (κ1) is 16.1. The van der Waals surface area contributed by atoms with Gasteiger partial charge in [-0.25, -0.2) is 4.79 Å². The van der Waals surface area contributed by atoms with Gasteiger partial charge in [-0.3, -0.25) is 0 Å². The van der Waals surface area contributed by atoms with E-state index in [1.165, 1.54) is 7.11 Å². The van der Waals surface area contributed by atoms with Gasteiger partial charge in [0.05, 0.1) is 12.8 Å². The number of aliphatic hydroxyl groups excluding tert-OH is 1. The summed E-state index contributed by atoms with van der Waals surface area (Å²) in [7, 11) is 1.52. The van der Waals surface area contributed by atoms with Crippen LogP contribution in [0.4, 0.5) is 16.2 Å². The highest BCUT2D eigenvalue weighted by Gasteiger charge is 2.08. The van der Waals surface area contributed by atoms with Gasteiger partial charge < -0.3 is 20.5 Å². The van der Waals surface area contributed by atoms with Crippen molar-refractivity contribution in [3.63, 3.8) is 0 Å². The van der Waals surface area contributed by atoms with Gasteiger partial charge in [0.2, 0.25) is 0 Å². The van der Waals surface area contributed by atoms with Crippen LogP contribution in [0.25, 0.3) is 0 Å². The van der Waals surface area contributed by atoms with Crippen molar-refractivity contribution in [1.82, 2.24) is 0 Å². The fourth-order valence-corrected chi connectivity index (χ4v) is 2.12. The average Bonchev–Trinajstić information content (AvgIpc) is 2.50. The van der Waals surface area contributed by atoms with Gasteiger partial charge in [-0.1, -0.05) is 23.7 Å². The van der Waals surface area contributed by atoms with Crippen LogP contribution in [0.2, 0.25) is 5.02 Å². The van der Waals surface area contributed by atoms with E-state index in [-0.39, 0.29) is 6.61 Å². The molecule has 0 saturated heterocycles. The van der Waals surface area contributed by atoms with Crippen molar-refractivity contribution < 1.29 is 14.6 Å². The van der Waals surface area contributed by atoms with E-state index in [4.69, 9.17) is 21.4 Å². The zero-order valence-corrected chi connectivity index (χ0v) is 12.9. The van der Waals surface area contributed by atoms with Crippen LogP contribution in [0.1, 0.15) is 5.56 Å². The molecule has 22 heavy (non-hydrogen) atoms. The van der Waals surface area contributed by atoms with Gasteiger partial charge in [0.25, 0.3) is 0 Å². The van der Waals surface area contributed by atoms with Crippen molar-refractivity contribution in [1.29, 1.82) is 0 Å². The third kappa shape index (κ3) is 4.38. The summed E-state index contributed by atoms with van der Waals surface area (Å²) in [4.78, 5) is 12.0. The van der Waals surface area contributed by atoms with Gasteiger partial charge in [0, 0.05) is 17.3 Å². The number of aliphatic hydroxyl groups is 1. The molecule has 3 N–H and O–H groups in total. The molecule has 0 aliphatic carbocycles. The van der Waals surface area contributed by atoms with E-state index in [2.05, 4.69) is 10.6 Å². The maximum atomic E-state index is 12.0. The van der Waals surface area contributed by atoms with Gasteiger partial charge in [0.1, 0.15) is 5.75 Å². The molecule has 0 radical (unpaired) electrons. The van der Waals surface area contributed by atoms with Crippen LogP contribution in [0.15, 0.2) is 42.5 Å². The van der Waals surface area contributed by atoms with Crippen molar-refractivity contribution in [2.45, 2.75) is 6.42 Å². The monoisotopic (exact) mass is 320 g/mol. The first-order valence-electron chi connectivity index (χ1n) is 6.73. The molecule has 0 saturated carbocycles. The lowest BCUT2D eigenvalue weighted by molar-refractivity contribution is 0.262. The average molecular weight is 321 g/mol. The number of carbonyl (C=O) groups excluding carboxylic acids is 1. The smallest absolute Gasteiger partial charge is 0.323 e. The Labute approximate surface area is 133 Å². The SMILES string of the molecule is COc1ccc(Cl)cc1NC(=O)Nc1ccc(CCO)cc1. The fraction of sp³-hybridized carbons (Fsp3) is 0.188. The number of nitrogens with one attached hydrogen (secondary N) is 2. The summed E-state index contributed by atoms with van der Waals surface area (Å²) in [5, 5.41) is 14.8. The van der Waals surface area contributed by atoms with Crippen LogP contribution in [-0.2, 0) is 6.42 Å². The third-order valence-corrected chi connectivity index (χ3v) is 3.26. The van der Waals surface area contributed by atoms with Crippen LogP contribution in [-0.4, -0.2) is 24.9 Å². The van der Waals surface area contributed by atoms with Crippen LogP contribution < -0.4 is 15.4 Å². The summed E-state index contributed by atoms with van der Waals surface area (Å²) >= 11 is 5.92. The third-order valence-electron chi connectivity index (χ3n) is 3.02. The highest BCUT2D eigenvalue weighted by molar-refractivity contribution is 6.31. The molecule has 0 fully saturated rings. The predicted molar refractivity (Wildman–Crippen MR) is 87.9 cm³/mol. The molecule has 2 rings (SSSR count). The number of anilines is 2. The maximum absolute atomic E-state index is 12.0. The molecule has 2 aromatic rings. The lowest BCUT2D eigenvalue weighted by Crippen LogP contribution is -2.19. The molecule has 5 nitrogen and oxygen atoms in total. The van der Waals surface area contributed by atoms with Gasteiger partial charge in [-0.05, 0) is 42.3 Å². The van der Waals surface area contributed by atoms with Crippen LogP contribution in [0.5, 0.6) is 5.75 Å². The molecule has 0 bridgehead atoms. The normalized spacial score (nSPS) is 10.1. The van der Waals surface area contributed by atoms with E-state index in [9.17, 15) is 4.79 Å². The van der Waals surface area contributed by atoms with Crippen molar-refractivity contribution in [2.24, 2.45) is 0 Å². The van der Waals surface area contributed by atoms with Crippen molar-refractivity contribution in [3.8, 4) is 5.75 Å². The summed E-state index contributed by atoms with van der Waals surface area (Å²) in [6, 6.07) is 11.8. The molecule has 0 aliphatic heterocycles. The largest absolute Gasteiger partial charge is 0.495 e. The Balaban J connectivity index is 2.02. The van der Waals surface area contributed by atoms with Crippen molar-refractivity contribution >= 4 is 29.0 Å². The summed E-state index contributed by atoms with van der Waals surface area (Å²) in [5.74, 6) is 0.526. The molecular weight excluding hydrogens is 304 g/mol. The topological polar surface area (TPSA) is 70.6 Å². The number of amides is 2. The number of hydrogen-bond donors (Lipinski definition) is 3. The lowest BCUT2D eigenvalue weighted by Gasteiger charge is -2.11. The second kappa shape index (κ2) is 7.68. The van der Waals surface area contributed by atoms with E-state index < -0.39 is 6.03 Å². The number of hydrogen-bond acceptors (Lipinski definition) is 3. The van der Waals surface area contributed by atoms with E-state index >= 15 is 0 Å². The molecule has 0 aliphatic rings. The van der Waals surface area contributed by atoms with Crippen LogP contribution >= 0.6 is 11.6 Å². The summed E-state index contributed by atoms with van der Waals surface area (Å²) in [5.41, 5.74) is 2.15. The number of ether oxygens (including phenoxy) is 1. The lowest BCUT2D eigenvalue weighted by atomic mass is 10.1. The summed E-state index contributed by atoms with van der Waals surface area (Å²) in [6.07, 6.45) is 0.589. The Bertz CT molecular complexity index is 644. The number of carbonyl (C=O) groups is 1. The van der Waals surface area contributed by atoms with Gasteiger partial charge in [0.15, 0.2) is 0 Å². The van der Waals surface area contributed by atoms with Crippen molar-refractivity contribution in [3.05, 3.63) is 53.1 Å². The number of urea groups is 1. The van der Waals surface area contributed by atoms with E-state index in [0.717, 1.165) is 5.56 Å². The molecule has 0 spiro atoms. The standard InChI is InChI=1S/C16H17ClN2O3/c1-22-15-7-4-12(17)10-14(15)19-16(21)18-13-5-2-11(3-6-13)8-9-20/h2-7,10,20H,8-9H2,1H3,(H2,18,19,21). The van der Waals surface area contributed by atoms with Gasteiger partial charge in [-0.2, -0.15) is 0 Å². The Kier molecular flexibility index (Phi) is 5.63. The Hall–Kier alpha value is -2.24. The first-order chi connectivity index (χ1) is 10.6. The van der Waals surface area contributed by atoms with Gasteiger partial charge >= 0.3 is 6.03 Å². The second-order valence-electron chi connectivity index (χ2n) is 4.59. The summed E-state index contributed by atoms with van der Waals surface area (Å²) < 4.78 is 5.17. The molecular formula is C16H17ClN2O3. The quantitative estimate of drug-likeness (QED) is 0.789. The molecule has 116 valence electrons. The van der Waals surface area contributed by atoms with Gasteiger partial charge in [-0.15, -0.1) is 0 Å². The molecule has 6 heteroatoms. The zero-order valence-electron chi connectivity index (χ0n) is 12.1. The molecule has 0 heterocycles. The summed E-state index contributed by atoms with van der Waals surface area (Å²) in [6.45, 7) is 0.0990. The second-order valence-corrected chi connectivity index (χ2v) is 5.03. The zero-order chi connectivity index (χ0) is 15.9. The minimum absolute atomic E-state index is 0.0990. The first-order valence-corrected chi connectivity index (χ1v) is 7.11. The minimum Gasteiger partial charge on any atom is -0.495 e. The van der Waals surface area contributed by atoms with E-state index in [1.807, 2.05) is 12.1 Å². The fourth-order valence-electron chi connectivity index (χ4n) is 1.95.